The molecule has 2 aliphatic rings. The number of likely N-dealkylation sites (N-methyl/N-ethyl adjacent to an activating group) is 1. The maximum atomic E-state index is 11.7. The van der Waals surface area contributed by atoms with Crippen molar-refractivity contribution in [3.05, 3.63) is 12.1 Å². The third-order valence-corrected chi connectivity index (χ3v) is 3.12. The van der Waals surface area contributed by atoms with Crippen LogP contribution in [0.1, 0.15) is 0 Å². The highest BCUT2D eigenvalue weighted by molar-refractivity contribution is 14.1. The zero-order valence-electron chi connectivity index (χ0n) is 8.81. The Labute approximate surface area is 107 Å². The minimum absolute atomic E-state index is 0.217. The summed E-state index contributed by atoms with van der Waals surface area (Å²) in [7, 11) is 1.05. The first-order chi connectivity index (χ1) is 7.58. The van der Waals surface area contributed by atoms with Crippen molar-refractivity contribution in [1.82, 2.24) is 4.90 Å². The summed E-state index contributed by atoms with van der Waals surface area (Å²) < 4.78 is 11.3. The predicted octanol–water partition coefficient (Wildman–Crippen LogP) is -0.168. The SMILES string of the molecule is CN1CC(=O)C2(C1)OB(/C=C/CI)OC2=O. The molecule has 0 saturated carbocycles. The maximum absolute atomic E-state index is 11.7. The monoisotopic (exact) mass is 335 g/mol. The van der Waals surface area contributed by atoms with Crippen molar-refractivity contribution in [3.8, 4) is 0 Å². The van der Waals surface area contributed by atoms with Crippen LogP contribution < -0.4 is 0 Å². The van der Waals surface area contributed by atoms with E-state index in [1.54, 1.807) is 17.9 Å². The number of halogens is 1. The molecule has 0 bridgehead atoms. The van der Waals surface area contributed by atoms with Crippen molar-refractivity contribution < 1.29 is 18.9 Å². The Hall–Kier alpha value is -0.405. The zero-order chi connectivity index (χ0) is 11.8. The predicted molar refractivity (Wildman–Crippen MR) is 66.2 cm³/mol. The fourth-order valence-electron chi connectivity index (χ4n) is 1.89. The molecule has 2 saturated heterocycles. The molecule has 5 nitrogen and oxygen atoms in total. The van der Waals surface area contributed by atoms with Gasteiger partial charge in [0.25, 0.3) is 0 Å². The molecule has 1 atom stereocenters. The number of nitrogens with zero attached hydrogens (tertiary/aromatic N) is 1. The van der Waals surface area contributed by atoms with Gasteiger partial charge in [-0.3, -0.25) is 14.5 Å². The average molecular weight is 335 g/mol. The van der Waals surface area contributed by atoms with E-state index in [-0.39, 0.29) is 18.9 Å². The summed E-state index contributed by atoms with van der Waals surface area (Å²) >= 11 is 2.17. The van der Waals surface area contributed by atoms with Crippen molar-refractivity contribution in [2.45, 2.75) is 5.60 Å². The quantitative estimate of drug-likeness (QED) is 0.304. The van der Waals surface area contributed by atoms with Crippen LogP contribution in [0.4, 0.5) is 0 Å². The van der Waals surface area contributed by atoms with Gasteiger partial charge in [0.1, 0.15) is 0 Å². The van der Waals surface area contributed by atoms with E-state index in [0.29, 0.717) is 0 Å². The van der Waals surface area contributed by atoms with Crippen LogP contribution in [0.2, 0.25) is 0 Å². The number of Topliss-reactive ketones (excluding diaryl/α,β-unsaturated/α-hetero) is 1. The van der Waals surface area contributed by atoms with Crippen molar-refractivity contribution in [1.29, 1.82) is 0 Å². The van der Waals surface area contributed by atoms with Crippen LogP contribution in [0, 0.1) is 0 Å². The second-order valence-electron chi connectivity index (χ2n) is 3.90. The van der Waals surface area contributed by atoms with Crippen molar-refractivity contribution >= 4 is 41.5 Å². The van der Waals surface area contributed by atoms with Gasteiger partial charge in [0.2, 0.25) is 5.60 Å². The lowest BCUT2D eigenvalue weighted by molar-refractivity contribution is -0.148. The number of likely N-dealkylation sites (tertiary alicyclic amines) is 1. The molecule has 2 heterocycles. The number of ketones is 1. The Morgan fingerprint density at radius 3 is 2.94 bits per heavy atom. The lowest BCUT2D eigenvalue weighted by Crippen LogP contribution is -2.45. The van der Waals surface area contributed by atoms with Gasteiger partial charge in [0, 0.05) is 11.0 Å². The Bertz CT molecular complexity index is 361. The van der Waals surface area contributed by atoms with Gasteiger partial charge in [-0.1, -0.05) is 28.7 Å². The third kappa shape index (κ3) is 1.91. The smallest absolute Gasteiger partial charge is 0.504 e. The summed E-state index contributed by atoms with van der Waals surface area (Å²) in [6, 6.07) is 0. The molecule has 2 fully saturated rings. The molecule has 0 aromatic rings. The Morgan fingerprint density at radius 2 is 2.38 bits per heavy atom. The minimum atomic E-state index is -1.38. The molecule has 2 rings (SSSR count). The van der Waals surface area contributed by atoms with Gasteiger partial charge >= 0.3 is 13.1 Å². The highest BCUT2D eigenvalue weighted by Crippen LogP contribution is 2.29. The topological polar surface area (TPSA) is 55.8 Å². The molecule has 0 amide bonds. The maximum Gasteiger partial charge on any atom is 0.557 e. The molecule has 2 aliphatic heterocycles. The minimum Gasteiger partial charge on any atom is -0.504 e. The zero-order valence-corrected chi connectivity index (χ0v) is 11.0. The Balaban J connectivity index is 2.15. The van der Waals surface area contributed by atoms with Gasteiger partial charge in [0.05, 0.1) is 6.54 Å². The van der Waals surface area contributed by atoms with Crippen LogP contribution >= 0.6 is 22.6 Å². The van der Waals surface area contributed by atoms with E-state index in [9.17, 15) is 9.59 Å². The van der Waals surface area contributed by atoms with E-state index < -0.39 is 18.7 Å². The van der Waals surface area contributed by atoms with E-state index >= 15 is 0 Å². The molecule has 0 N–H and O–H groups in total. The highest BCUT2D eigenvalue weighted by Gasteiger charge is 2.60. The number of alkyl halides is 1. The fourth-order valence-corrected chi connectivity index (χ4v) is 2.18. The summed E-state index contributed by atoms with van der Waals surface area (Å²) in [4.78, 5) is 25.2. The molecule has 86 valence electrons. The normalized spacial score (nSPS) is 31.0. The van der Waals surface area contributed by atoms with E-state index in [4.69, 9.17) is 9.31 Å². The van der Waals surface area contributed by atoms with Gasteiger partial charge < -0.3 is 9.31 Å². The van der Waals surface area contributed by atoms with E-state index in [0.717, 1.165) is 4.43 Å². The van der Waals surface area contributed by atoms with Crippen LogP contribution in [-0.4, -0.2) is 53.9 Å². The molecule has 0 aliphatic carbocycles. The van der Waals surface area contributed by atoms with Crippen LogP contribution in [0.5, 0.6) is 0 Å². The van der Waals surface area contributed by atoms with Crippen molar-refractivity contribution in [2.24, 2.45) is 0 Å². The molecule has 1 unspecified atom stereocenters. The lowest BCUT2D eigenvalue weighted by atomic mass is 9.90. The number of hydrogen-bond acceptors (Lipinski definition) is 5. The summed E-state index contributed by atoms with van der Waals surface area (Å²) in [6.45, 7) is 0.511. The standard InChI is InChI=1S/C9H11BINO4/c1-12-5-7(13)9(6-12)8(14)15-10(16-9)3-2-4-11/h2-3H,4-6H2,1H3/b3-2+. The van der Waals surface area contributed by atoms with E-state index in [2.05, 4.69) is 22.6 Å². The number of carbonyl (C=O) groups is 2. The largest absolute Gasteiger partial charge is 0.557 e. The molecule has 0 radical (unpaired) electrons. The van der Waals surface area contributed by atoms with Gasteiger partial charge in [0.15, 0.2) is 5.78 Å². The Kier molecular flexibility index (Phi) is 3.36. The molecule has 1 spiro atoms. The number of carbonyl (C=O) groups excluding carboxylic acids is 2. The van der Waals surface area contributed by atoms with Gasteiger partial charge in [-0.05, 0) is 13.0 Å². The summed E-state index contributed by atoms with van der Waals surface area (Å²) in [5.74, 6) is 0.875. The molecule has 0 aromatic heterocycles. The first kappa shape index (κ1) is 12.1. The summed E-state index contributed by atoms with van der Waals surface area (Å²) in [6.07, 6.45) is 1.83. The van der Waals surface area contributed by atoms with Crippen molar-refractivity contribution in [2.75, 3.05) is 24.6 Å². The Morgan fingerprint density at radius 1 is 1.62 bits per heavy atom. The average Bonchev–Trinajstić information content (AvgIpc) is 2.67. The first-order valence-corrected chi connectivity index (χ1v) is 6.44. The summed E-state index contributed by atoms with van der Waals surface area (Å²) in [5.41, 5.74) is -1.38. The molecule has 16 heavy (non-hydrogen) atoms. The number of hydrogen-bond donors (Lipinski definition) is 0. The molecule has 7 heteroatoms. The second kappa shape index (κ2) is 4.46. The van der Waals surface area contributed by atoms with E-state index in [1.165, 1.54) is 0 Å². The van der Waals surface area contributed by atoms with Gasteiger partial charge in [-0.15, -0.1) is 0 Å². The van der Waals surface area contributed by atoms with Crippen LogP contribution in [0.3, 0.4) is 0 Å². The van der Waals surface area contributed by atoms with E-state index in [1.807, 2.05) is 6.08 Å². The fraction of sp³-hybridized carbons (Fsp3) is 0.556. The third-order valence-electron chi connectivity index (χ3n) is 2.61. The second-order valence-corrected chi connectivity index (χ2v) is 4.78. The number of allylic oxidation sites excluding steroid dienone is 1. The van der Waals surface area contributed by atoms with Crippen LogP contribution in [0.25, 0.3) is 0 Å². The molecular weight excluding hydrogens is 324 g/mol. The van der Waals surface area contributed by atoms with Gasteiger partial charge in [-0.25, -0.2) is 0 Å². The highest BCUT2D eigenvalue weighted by atomic mass is 127. The van der Waals surface area contributed by atoms with Crippen molar-refractivity contribution in [3.63, 3.8) is 0 Å². The first-order valence-electron chi connectivity index (χ1n) is 4.92. The van der Waals surface area contributed by atoms with Crippen LogP contribution in [0.15, 0.2) is 12.1 Å². The molecule has 0 aromatic carbocycles. The number of rotatable bonds is 2. The van der Waals surface area contributed by atoms with Gasteiger partial charge in [-0.2, -0.15) is 0 Å². The van der Waals surface area contributed by atoms with Crippen LogP contribution in [-0.2, 0) is 18.9 Å². The lowest BCUT2D eigenvalue weighted by Gasteiger charge is -2.15. The summed E-state index contributed by atoms with van der Waals surface area (Å²) in [5, 5.41) is 0. The molecular formula is C9H11BINO4.